The normalized spacial score (nSPS) is 12.4. The van der Waals surface area contributed by atoms with Crippen LogP contribution in [-0.2, 0) is 0 Å². The molecule has 0 aromatic carbocycles. The number of aryl methyl sites for hydroxylation is 1. The number of hydrogen-bond acceptors (Lipinski definition) is 5. The van der Waals surface area contributed by atoms with Crippen molar-refractivity contribution in [2.75, 3.05) is 25.6 Å². The van der Waals surface area contributed by atoms with Gasteiger partial charge in [-0.3, -0.25) is 0 Å². The number of hydrogen-bond donors (Lipinski definition) is 1. The average Bonchev–Trinajstić information content (AvgIpc) is 2.19. The van der Waals surface area contributed by atoms with E-state index in [1.54, 1.807) is 14.0 Å². The first-order valence-corrected chi connectivity index (χ1v) is 5.24. The Hall–Kier alpha value is -1.36. The van der Waals surface area contributed by atoms with E-state index in [2.05, 4.69) is 9.97 Å². The predicted octanol–water partition coefficient (Wildman–Crippen LogP) is 0.919. The predicted molar refractivity (Wildman–Crippen MR) is 63.0 cm³/mol. The van der Waals surface area contributed by atoms with Gasteiger partial charge >= 0.3 is 0 Å². The highest BCUT2D eigenvalue weighted by molar-refractivity contribution is 5.50. The topological polar surface area (TPSA) is 58.5 Å². The Labute approximate surface area is 96.1 Å². The summed E-state index contributed by atoms with van der Waals surface area (Å²) in [5, 5.41) is 9.35. The highest BCUT2D eigenvalue weighted by Gasteiger charge is 2.14. The van der Waals surface area contributed by atoms with E-state index < -0.39 is 6.10 Å². The summed E-state index contributed by atoms with van der Waals surface area (Å²) >= 11 is 0. The summed E-state index contributed by atoms with van der Waals surface area (Å²) in [4.78, 5) is 10.4. The van der Waals surface area contributed by atoms with Crippen molar-refractivity contribution in [1.82, 2.24) is 9.97 Å². The van der Waals surface area contributed by atoms with Crippen LogP contribution in [0, 0.1) is 13.8 Å². The molecule has 1 atom stereocenters. The zero-order valence-electron chi connectivity index (χ0n) is 10.5. The van der Waals surface area contributed by atoms with E-state index in [0.717, 1.165) is 11.4 Å². The lowest BCUT2D eigenvalue weighted by atomic mass is 10.3. The molecule has 1 aromatic rings. The molecule has 1 aromatic heterocycles. The van der Waals surface area contributed by atoms with Gasteiger partial charge in [-0.2, -0.15) is 4.98 Å². The fourth-order valence-corrected chi connectivity index (χ4v) is 1.64. The molecule has 5 nitrogen and oxygen atoms in total. The quantitative estimate of drug-likeness (QED) is 0.825. The minimum atomic E-state index is -0.398. The first-order valence-electron chi connectivity index (χ1n) is 5.24. The first kappa shape index (κ1) is 12.7. The molecule has 90 valence electrons. The summed E-state index contributed by atoms with van der Waals surface area (Å²) in [6, 6.07) is 0. The van der Waals surface area contributed by atoms with Crippen LogP contribution in [-0.4, -0.2) is 41.9 Å². The molecule has 0 bridgehead atoms. The third-order valence-electron chi connectivity index (χ3n) is 2.28. The maximum atomic E-state index is 9.35. The molecule has 0 aliphatic heterocycles. The molecule has 0 saturated heterocycles. The SMILES string of the molecule is COc1nc(C)nc(N(C)C[C@H](C)O)c1C. The van der Waals surface area contributed by atoms with E-state index in [1.165, 1.54) is 0 Å². The summed E-state index contributed by atoms with van der Waals surface area (Å²) in [6.45, 7) is 6.01. The Morgan fingerprint density at radius 1 is 1.38 bits per heavy atom. The van der Waals surface area contributed by atoms with Crippen molar-refractivity contribution >= 4 is 5.82 Å². The van der Waals surface area contributed by atoms with Crippen molar-refractivity contribution in [3.05, 3.63) is 11.4 Å². The van der Waals surface area contributed by atoms with Gasteiger partial charge in [0, 0.05) is 13.6 Å². The zero-order chi connectivity index (χ0) is 12.3. The van der Waals surface area contributed by atoms with Gasteiger partial charge in [0.05, 0.1) is 18.8 Å². The van der Waals surface area contributed by atoms with Gasteiger partial charge in [-0.15, -0.1) is 0 Å². The van der Waals surface area contributed by atoms with Gasteiger partial charge in [0.15, 0.2) is 0 Å². The van der Waals surface area contributed by atoms with Gasteiger partial charge in [0.25, 0.3) is 0 Å². The molecule has 0 aliphatic carbocycles. The molecule has 0 radical (unpaired) electrons. The zero-order valence-corrected chi connectivity index (χ0v) is 10.5. The molecule has 16 heavy (non-hydrogen) atoms. The highest BCUT2D eigenvalue weighted by Crippen LogP contribution is 2.24. The second kappa shape index (κ2) is 5.12. The fraction of sp³-hybridized carbons (Fsp3) is 0.636. The molecule has 0 aliphatic rings. The number of ether oxygens (including phenoxy) is 1. The van der Waals surface area contributed by atoms with Crippen LogP contribution in [0.2, 0.25) is 0 Å². The number of aromatic nitrogens is 2. The molecule has 1 rings (SSSR count). The Kier molecular flexibility index (Phi) is 4.06. The van der Waals surface area contributed by atoms with Crippen molar-refractivity contribution in [2.24, 2.45) is 0 Å². The second-order valence-electron chi connectivity index (χ2n) is 3.96. The Morgan fingerprint density at radius 2 is 2.00 bits per heavy atom. The van der Waals surface area contributed by atoms with E-state index in [0.29, 0.717) is 18.2 Å². The lowest BCUT2D eigenvalue weighted by molar-refractivity contribution is 0.201. The summed E-state index contributed by atoms with van der Waals surface area (Å²) in [6.07, 6.45) is -0.398. The number of likely N-dealkylation sites (N-methyl/N-ethyl adjacent to an activating group) is 1. The van der Waals surface area contributed by atoms with Gasteiger partial charge < -0.3 is 14.7 Å². The molecule has 0 spiro atoms. The van der Waals surface area contributed by atoms with Gasteiger partial charge in [-0.1, -0.05) is 0 Å². The summed E-state index contributed by atoms with van der Waals surface area (Å²) in [7, 11) is 3.48. The van der Waals surface area contributed by atoms with Crippen LogP contribution in [0.25, 0.3) is 0 Å². The van der Waals surface area contributed by atoms with Crippen LogP contribution < -0.4 is 9.64 Å². The third-order valence-corrected chi connectivity index (χ3v) is 2.28. The van der Waals surface area contributed by atoms with Gasteiger partial charge in [-0.05, 0) is 20.8 Å². The van der Waals surface area contributed by atoms with Crippen LogP contribution in [0.15, 0.2) is 0 Å². The number of rotatable bonds is 4. The Bertz CT molecular complexity index is 366. The second-order valence-corrected chi connectivity index (χ2v) is 3.96. The summed E-state index contributed by atoms with van der Waals surface area (Å²) < 4.78 is 5.18. The molecule has 5 heteroatoms. The molecule has 0 unspecified atom stereocenters. The minimum Gasteiger partial charge on any atom is -0.481 e. The largest absolute Gasteiger partial charge is 0.481 e. The third kappa shape index (κ3) is 2.82. The molecule has 0 amide bonds. The maximum Gasteiger partial charge on any atom is 0.221 e. The van der Waals surface area contributed by atoms with E-state index >= 15 is 0 Å². The minimum absolute atomic E-state index is 0.398. The average molecular weight is 225 g/mol. The Balaban J connectivity index is 3.07. The standard InChI is InChI=1S/C11H19N3O2/c1-7(15)6-14(4)10-8(2)11(16-5)13-9(3)12-10/h7,15H,6H2,1-5H3/t7-/m0/s1. The van der Waals surface area contributed by atoms with E-state index in [-0.39, 0.29) is 0 Å². The smallest absolute Gasteiger partial charge is 0.221 e. The number of anilines is 1. The van der Waals surface area contributed by atoms with Crippen LogP contribution in [0.4, 0.5) is 5.82 Å². The van der Waals surface area contributed by atoms with Crippen LogP contribution in [0.1, 0.15) is 18.3 Å². The van der Waals surface area contributed by atoms with Crippen molar-refractivity contribution < 1.29 is 9.84 Å². The van der Waals surface area contributed by atoms with Crippen molar-refractivity contribution in [2.45, 2.75) is 26.9 Å². The van der Waals surface area contributed by atoms with Crippen LogP contribution in [0.5, 0.6) is 5.88 Å². The lowest BCUT2D eigenvalue weighted by Crippen LogP contribution is -2.28. The number of aliphatic hydroxyl groups excluding tert-OH is 1. The van der Waals surface area contributed by atoms with Gasteiger partial charge in [-0.25, -0.2) is 4.98 Å². The number of methoxy groups -OCH3 is 1. The van der Waals surface area contributed by atoms with Crippen molar-refractivity contribution in [3.63, 3.8) is 0 Å². The molecule has 1 heterocycles. The highest BCUT2D eigenvalue weighted by atomic mass is 16.5. The van der Waals surface area contributed by atoms with Crippen molar-refractivity contribution in [3.8, 4) is 5.88 Å². The van der Waals surface area contributed by atoms with E-state index in [4.69, 9.17) is 4.74 Å². The lowest BCUT2D eigenvalue weighted by Gasteiger charge is -2.22. The first-order chi connectivity index (χ1) is 7.45. The maximum absolute atomic E-state index is 9.35. The van der Waals surface area contributed by atoms with Crippen LogP contribution in [0.3, 0.4) is 0 Å². The molecule has 0 fully saturated rings. The summed E-state index contributed by atoms with van der Waals surface area (Å²) in [5.74, 6) is 2.04. The van der Waals surface area contributed by atoms with Gasteiger partial charge in [0.2, 0.25) is 5.88 Å². The fourth-order valence-electron chi connectivity index (χ4n) is 1.64. The van der Waals surface area contributed by atoms with Gasteiger partial charge in [0.1, 0.15) is 11.6 Å². The number of nitrogens with zero attached hydrogens (tertiary/aromatic N) is 3. The molecular weight excluding hydrogens is 206 g/mol. The molecular formula is C11H19N3O2. The van der Waals surface area contributed by atoms with Crippen LogP contribution >= 0.6 is 0 Å². The number of aliphatic hydroxyl groups is 1. The van der Waals surface area contributed by atoms with E-state index in [1.807, 2.05) is 25.8 Å². The summed E-state index contributed by atoms with van der Waals surface area (Å²) in [5.41, 5.74) is 0.885. The monoisotopic (exact) mass is 225 g/mol. The van der Waals surface area contributed by atoms with E-state index in [9.17, 15) is 5.11 Å². The molecule has 1 N–H and O–H groups in total. The molecule has 0 saturated carbocycles. The Morgan fingerprint density at radius 3 is 2.50 bits per heavy atom. The van der Waals surface area contributed by atoms with Crippen molar-refractivity contribution in [1.29, 1.82) is 0 Å².